The minimum Gasteiger partial charge on any atom is -0.466 e. The van der Waals surface area contributed by atoms with E-state index in [-0.39, 0.29) is 11.9 Å². The maximum absolute atomic E-state index is 12.0. The van der Waals surface area contributed by atoms with Gasteiger partial charge in [-0.3, -0.25) is 4.79 Å². The molecule has 3 rings (SSSR count). The van der Waals surface area contributed by atoms with E-state index in [0.717, 1.165) is 40.7 Å². The molecule has 0 saturated carbocycles. The van der Waals surface area contributed by atoms with Crippen LogP contribution >= 0.6 is 23.6 Å². The van der Waals surface area contributed by atoms with Crippen LogP contribution in [0.3, 0.4) is 0 Å². The van der Waals surface area contributed by atoms with Crippen molar-refractivity contribution in [3.8, 4) is 0 Å². The summed E-state index contributed by atoms with van der Waals surface area (Å²) >= 11 is 6.98. The molecule has 1 aliphatic rings. The van der Waals surface area contributed by atoms with Gasteiger partial charge in [0, 0.05) is 5.69 Å². The first-order valence-corrected chi connectivity index (χ1v) is 11.1. The summed E-state index contributed by atoms with van der Waals surface area (Å²) in [4.78, 5) is 13.4. The van der Waals surface area contributed by atoms with E-state index >= 15 is 0 Å². The molecule has 0 amide bonds. The van der Waals surface area contributed by atoms with Crippen LogP contribution in [-0.2, 0) is 16.2 Å². The van der Waals surface area contributed by atoms with Gasteiger partial charge >= 0.3 is 5.97 Å². The molecule has 2 aromatic rings. The average molecular weight is 422 g/mol. The lowest BCUT2D eigenvalue weighted by molar-refractivity contribution is -0.930. The monoisotopic (exact) mass is 421 g/mol. The predicted molar refractivity (Wildman–Crippen MR) is 115 cm³/mol. The fraction of sp³-hybridized carbons (Fsp3) is 0.550. The second kappa shape index (κ2) is 9.62. The van der Waals surface area contributed by atoms with Crippen LogP contribution in [0.4, 0.5) is 10.8 Å². The largest absolute Gasteiger partial charge is 0.466 e. The zero-order chi connectivity index (χ0) is 20.1. The number of anilines is 2. The molecule has 0 spiro atoms. The van der Waals surface area contributed by atoms with E-state index < -0.39 is 0 Å². The Morgan fingerprint density at radius 1 is 1.43 bits per heavy atom. The number of aromatic nitrogens is 2. The van der Waals surface area contributed by atoms with Gasteiger partial charge < -0.3 is 15.0 Å². The summed E-state index contributed by atoms with van der Waals surface area (Å²) in [5, 5.41) is 8.79. The fourth-order valence-corrected chi connectivity index (χ4v) is 4.53. The molecule has 2 atom stereocenters. The molecule has 8 heteroatoms. The Bertz CT molecular complexity index is 845. The van der Waals surface area contributed by atoms with Crippen molar-refractivity contribution in [2.45, 2.75) is 46.2 Å². The van der Waals surface area contributed by atoms with Gasteiger partial charge in [-0.25, -0.2) is 0 Å². The number of rotatable bonds is 7. The van der Waals surface area contributed by atoms with Crippen LogP contribution in [0.25, 0.3) is 0 Å². The molecular formula is C20H29N4O2S2+. The van der Waals surface area contributed by atoms with Crippen LogP contribution in [0.1, 0.15) is 45.1 Å². The molecule has 6 nitrogen and oxygen atoms in total. The summed E-state index contributed by atoms with van der Waals surface area (Å²) in [5.74, 6) is 0.420. The molecule has 1 aromatic heterocycles. The smallest absolute Gasteiger partial charge is 0.314 e. The van der Waals surface area contributed by atoms with E-state index in [0.29, 0.717) is 19.2 Å². The summed E-state index contributed by atoms with van der Waals surface area (Å²) in [5.41, 5.74) is 2.32. The van der Waals surface area contributed by atoms with Crippen molar-refractivity contribution >= 4 is 40.3 Å². The van der Waals surface area contributed by atoms with Gasteiger partial charge in [0.05, 0.1) is 19.7 Å². The number of carbonyl (C=O) groups is 1. The van der Waals surface area contributed by atoms with E-state index in [4.69, 9.17) is 17.0 Å². The first kappa shape index (κ1) is 21.0. The molecule has 2 N–H and O–H groups in total. The number of carbonyl (C=O) groups excluding carboxylic acids is 1. The van der Waals surface area contributed by atoms with Gasteiger partial charge in [0.25, 0.3) is 0 Å². The van der Waals surface area contributed by atoms with E-state index in [9.17, 15) is 4.79 Å². The number of esters is 1. The summed E-state index contributed by atoms with van der Waals surface area (Å²) in [6, 6.07) is 8.42. The minimum absolute atomic E-state index is 0.0198. The predicted octanol–water partition coefficient (Wildman–Crippen LogP) is 3.36. The Morgan fingerprint density at radius 3 is 2.86 bits per heavy atom. The number of hydrogen-bond donors (Lipinski definition) is 2. The summed E-state index contributed by atoms with van der Waals surface area (Å²) in [7, 11) is 0. The maximum atomic E-state index is 12.0. The number of piperidine rings is 1. The number of benzene rings is 1. The van der Waals surface area contributed by atoms with Crippen LogP contribution in [0.15, 0.2) is 24.3 Å². The third-order valence-electron chi connectivity index (χ3n) is 5.05. The molecule has 1 aromatic carbocycles. The number of likely N-dealkylation sites (tertiary alicyclic amines) is 1. The Kier molecular flexibility index (Phi) is 7.20. The summed E-state index contributed by atoms with van der Waals surface area (Å²) < 4.78 is 7.81. The number of nitrogens with one attached hydrogen (secondary N) is 2. The lowest BCUT2D eigenvalue weighted by Gasteiger charge is -2.28. The van der Waals surface area contributed by atoms with Gasteiger partial charge in [-0.05, 0) is 55.6 Å². The van der Waals surface area contributed by atoms with Crippen molar-refractivity contribution in [3.05, 3.63) is 33.8 Å². The Balaban J connectivity index is 1.62. The molecule has 1 fully saturated rings. The van der Waals surface area contributed by atoms with Crippen LogP contribution in [0.2, 0.25) is 0 Å². The quantitative estimate of drug-likeness (QED) is 0.530. The molecule has 0 aliphatic carbocycles. The zero-order valence-electron chi connectivity index (χ0n) is 16.7. The zero-order valence-corrected chi connectivity index (χ0v) is 18.4. The highest BCUT2D eigenvalue weighted by atomic mass is 32.1. The lowest BCUT2D eigenvalue weighted by atomic mass is 9.99. The number of ether oxygens (including phenoxy) is 1. The van der Waals surface area contributed by atoms with E-state index in [1.165, 1.54) is 21.8 Å². The van der Waals surface area contributed by atoms with Gasteiger partial charge in [0.15, 0.2) is 10.6 Å². The molecule has 28 heavy (non-hydrogen) atoms. The van der Waals surface area contributed by atoms with E-state index in [1.807, 2.05) is 11.6 Å². The van der Waals surface area contributed by atoms with Crippen molar-refractivity contribution in [2.24, 2.45) is 5.92 Å². The maximum Gasteiger partial charge on any atom is 0.314 e. The van der Waals surface area contributed by atoms with Gasteiger partial charge in [0.2, 0.25) is 5.13 Å². The van der Waals surface area contributed by atoms with Crippen molar-refractivity contribution in [3.63, 3.8) is 0 Å². The fourth-order valence-electron chi connectivity index (χ4n) is 3.50. The molecule has 2 heterocycles. The van der Waals surface area contributed by atoms with Crippen molar-refractivity contribution < 1.29 is 14.4 Å². The van der Waals surface area contributed by atoms with Crippen LogP contribution in [0.5, 0.6) is 0 Å². The van der Waals surface area contributed by atoms with E-state index in [1.54, 1.807) is 0 Å². The average Bonchev–Trinajstić information content (AvgIpc) is 3.01. The van der Waals surface area contributed by atoms with Crippen LogP contribution in [-0.4, -0.2) is 35.4 Å². The highest BCUT2D eigenvalue weighted by Crippen LogP contribution is 2.22. The van der Waals surface area contributed by atoms with Crippen LogP contribution < -0.4 is 10.2 Å². The Hall–Kier alpha value is -1.77. The molecule has 1 aliphatic heterocycles. The molecule has 0 bridgehead atoms. The number of quaternary nitrogens is 1. The second-order valence-electron chi connectivity index (χ2n) is 7.53. The second-order valence-corrected chi connectivity index (χ2v) is 9.15. The third-order valence-corrected chi connectivity index (χ3v) is 6.27. The van der Waals surface area contributed by atoms with Crippen molar-refractivity contribution in [1.29, 1.82) is 0 Å². The Morgan fingerprint density at radius 2 is 2.18 bits per heavy atom. The molecule has 0 radical (unpaired) electrons. The van der Waals surface area contributed by atoms with Crippen molar-refractivity contribution in [1.82, 2.24) is 9.78 Å². The summed E-state index contributed by atoms with van der Waals surface area (Å²) in [6.45, 7) is 9.14. The first-order chi connectivity index (χ1) is 13.5. The standard InChI is InChI=1S/C20H28N4O2S2/c1-4-26-18(25)16-6-5-11-23(12-16)13-24-20(27)28-19(22-24)21-17-9-7-15(8-10-17)14(2)3/h7-10,14,16H,4-6,11-13H2,1-3H3,(H,21,22)/p+1/t16-/m0/s1. The van der Waals surface area contributed by atoms with Gasteiger partial charge in [0.1, 0.15) is 5.92 Å². The molecule has 152 valence electrons. The highest BCUT2D eigenvalue weighted by molar-refractivity contribution is 7.73. The Labute approximate surface area is 175 Å². The topological polar surface area (TPSA) is 60.6 Å². The van der Waals surface area contributed by atoms with Gasteiger partial charge in [-0.1, -0.05) is 37.3 Å². The normalized spacial score (nSPS) is 19.6. The highest BCUT2D eigenvalue weighted by Gasteiger charge is 2.30. The van der Waals surface area contributed by atoms with Crippen LogP contribution in [0, 0.1) is 9.87 Å². The van der Waals surface area contributed by atoms with Crippen molar-refractivity contribution in [2.75, 3.05) is 25.0 Å². The lowest BCUT2D eigenvalue weighted by Crippen LogP contribution is -3.13. The molecule has 1 saturated heterocycles. The number of nitrogens with zero attached hydrogens (tertiary/aromatic N) is 2. The molecular weight excluding hydrogens is 392 g/mol. The minimum atomic E-state index is -0.0752. The third kappa shape index (κ3) is 5.40. The first-order valence-electron chi connectivity index (χ1n) is 9.91. The van der Waals surface area contributed by atoms with E-state index in [2.05, 4.69) is 48.5 Å². The van der Waals surface area contributed by atoms with Gasteiger partial charge in [-0.2, -0.15) is 4.68 Å². The molecule has 1 unspecified atom stereocenters. The SMILES string of the molecule is CCOC(=O)[C@H]1CCC[NH+](Cn2nc(Nc3ccc(C(C)C)cc3)sc2=S)C1. The number of hydrogen-bond acceptors (Lipinski definition) is 6. The summed E-state index contributed by atoms with van der Waals surface area (Å²) in [6.07, 6.45) is 1.92. The van der Waals surface area contributed by atoms with Gasteiger partial charge in [-0.15, -0.1) is 5.10 Å².